The van der Waals surface area contributed by atoms with Crippen molar-refractivity contribution in [1.29, 1.82) is 0 Å². The number of ether oxygens (including phenoxy) is 2. The number of aryl methyl sites for hydroxylation is 1. The normalized spacial score (nSPS) is 10.3. The van der Waals surface area contributed by atoms with E-state index >= 15 is 0 Å². The van der Waals surface area contributed by atoms with E-state index in [2.05, 4.69) is 20.6 Å². The summed E-state index contributed by atoms with van der Waals surface area (Å²) in [6.45, 7) is 7.11. The van der Waals surface area contributed by atoms with Gasteiger partial charge in [-0.1, -0.05) is 12.1 Å². The van der Waals surface area contributed by atoms with Gasteiger partial charge in [-0.25, -0.2) is 4.98 Å². The van der Waals surface area contributed by atoms with Crippen molar-refractivity contribution in [3.63, 3.8) is 0 Å². The molecule has 0 spiro atoms. The van der Waals surface area contributed by atoms with E-state index in [1.54, 1.807) is 0 Å². The van der Waals surface area contributed by atoms with Crippen molar-refractivity contribution in [2.24, 2.45) is 0 Å². The highest BCUT2D eigenvalue weighted by molar-refractivity contribution is 5.65. The van der Waals surface area contributed by atoms with E-state index < -0.39 is 0 Å². The van der Waals surface area contributed by atoms with E-state index in [0.29, 0.717) is 25.0 Å². The van der Waals surface area contributed by atoms with Gasteiger partial charge in [0, 0.05) is 17.4 Å². The Hall–Kier alpha value is -3.28. The molecule has 6 nitrogen and oxygen atoms in total. The molecule has 0 bridgehead atoms. The fourth-order valence-electron chi connectivity index (χ4n) is 2.61. The Morgan fingerprint density at radius 2 is 1.59 bits per heavy atom. The Labute approximate surface area is 159 Å². The minimum absolute atomic E-state index is 0.524. The molecule has 0 aliphatic carbocycles. The van der Waals surface area contributed by atoms with Crippen LogP contribution in [0.25, 0.3) is 0 Å². The van der Waals surface area contributed by atoms with Crippen LogP contribution in [0.2, 0.25) is 0 Å². The summed E-state index contributed by atoms with van der Waals surface area (Å²) in [5, 5.41) is 6.55. The van der Waals surface area contributed by atoms with E-state index in [9.17, 15) is 0 Å². The highest BCUT2D eigenvalue weighted by Crippen LogP contribution is 2.27. The molecule has 0 atom stereocenters. The summed E-state index contributed by atoms with van der Waals surface area (Å²) in [5.74, 6) is 2.85. The van der Waals surface area contributed by atoms with Gasteiger partial charge in [0.05, 0.1) is 18.9 Å². The SMILES string of the molecule is CCOc1ccc(Nc2nc(C)cc(Nc3ccccc3OCC)n2)cc1. The molecule has 0 radical (unpaired) electrons. The standard InChI is InChI=1S/C21H24N4O2/c1-4-26-17-12-10-16(11-13-17)23-21-22-15(3)14-20(25-21)24-18-8-6-7-9-19(18)27-5-2/h6-14H,4-5H2,1-3H3,(H2,22,23,24,25). The van der Waals surface area contributed by atoms with Crippen LogP contribution in [0, 0.1) is 6.92 Å². The third kappa shape index (κ3) is 5.10. The molecule has 140 valence electrons. The molecule has 27 heavy (non-hydrogen) atoms. The maximum absolute atomic E-state index is 5.66. The predicted molar refractivity (Wildman–Crippen MR) is 109 cm³/mol. The molecule has 2 aromatic carbocycles. The molecule has 0 fully saturated rings. The molecule has 0 aliphatic heterocycles. The van der Waals surface area contributed by atoms with Crippen molar-refractivity contribution in [1.82, 2.24) is 9.97 Å². The average Bonchev–Trinajstić information content (AvgIpc) is 2.65. The van der Waals surface area contributed by atoms with Crippen molar-refractivity contribution in [3.05, 3.63) is 60.3 Å². The van der Waals surface area contributed by atoms with Crippen molar-refractivity contribution in [3.8, 4) is 11.5 Å². The number of nitrogens with zero attached hydrogens (tertiary/aromatic N) is 2. The van der Waals surface area contributed by atoms with Crippen LogP contribution in [-0.4, -0.2) is 23.2 Å². The lowest BCUT2D eigenvalue weighted by Gasteiger charge is -2.13. The molecule has 1 aromatic heterocycles. The Morgan fingerprint density at radius 1 is 0.852 bits per heavy atom. The number of hydrogen-bond acceptors (Lipinski definition) is 6. The first-order valence-electron chi connectivity index (χ1n) is 9.02. The van der Waals surface area contributed by atoms with E-state index in [0.717, 1.165) is 28.6 Å². The summed E-state index contributed by atoms with van der Waals surface area (Å²) in [6.07, 6.45) is 0. The third-order valence-electron chi connectivity index (χ3n) is 3.73. The summed E-state index contributed by atoms with van der Waals surface area (Å²) in [5.41, 5.74) is 2.61. The molecule has 2 N–H and O–H groups in total. The number of hydrogen-bond donors (Lipinski definition) is 2. The topological polar surface area (TPSA) is 68.3 Å². The number of para-hydroxylation sites is 2. The number of benzene rings is 2. The molecule has 0 amide bonds. The molecule has 6 heteroatoms. The van der Waals surface area contributed by atoms with Gasteiger partial charge in [0.2, 0.25) is 5.95 Å². The Bertz CT molecular complexity index is 882. The summed E-state index contributed by atoms with van der Waals surface area (Å²) in [4.78, 5) is 9.03. The monoisotopic (exact) mass is 364 g/mol. The largest absolute Gasteiger partial charge is 0.494 e. The lowest BCUT2D eigenvalue weighted by molar-refractivity contribution is 0.340. The van der Waals surface area contributed by atoms with Crippen molar-refractivity contribution in [2.75, 3.05) is 23.8 Å². The van der Waals surface area contributed by atoms with Gasteiger partial charge in [0.1, 0.15) is 17.3 Å². The summed E-state index contributed by atoms with van der Waals surface area (Å²) >= 11 is 0. The number of nitrogens with one attached hydrogen (secondary N) is 2. The second-order valence-electron chi connectivity index (χ2n) is 5.85. The average molecular weight is 364 g/mol. The highest BCUT2D eigenvalue weighted by Gasteiger charge is 2.07. The van der Waals surface area contributed by atoms with E-state index in [4.69, 9.17) is 9.47 Å². The van der Waals surface area contributed by atoms with Crippen molar-refractivity contribution >= 4 is 23.1 Å². The fraction of sp³-hybridized carbons (Fsp3) is 0.238. The molecular formula is C21H24N4O2. The van der Waals surface area contributed by atoms with Crippen LogP contribution in [0.5, 0.6) is 11.5 Å². The maximum Gasteiger partial charge on any atom is 0.229 e. The predicted octanol–water partition coefficient (Wildman–Crippen LogP) is 5.07. The summed E-state index contributed by atoms with van der Waals surface area (Å²) in [7, 11) is 0. The van der Waals surface area contributed by atoms with E-state index in [1.807, 2.05) is 75.4 Å². The van der Waals surface area contributed by atoms with E-state index in [1.165, 1.54) is 0 Å². The molecule has 0 unspecified atom stereocenters. The van der Waals surface area contributed by atoms with Crippen LogP contribution in [0.3, 0.4) is 0 Å². The van der Waals surface area contributed by atoms with Crippen LogP contribution in [0.4, 0.5) is 23.1 Å². The molecule has 3 rings (SSSR count). The van der Waals surface area contributed by atoms with Crippen molar-refractivity contribution in [2.45, 2.75) is 20.8 Å². The number of aromatic nitrogens is 2. The van der Waals surface area contributed by atoms with Crippen LogP contribution < -0.4 is 20.1 Å². The Kier molecular flexibility index (Phi) is 6.10. The van der Waals surface area contributed by atoms with Crippen LogP contribution >= 0.6 is 0 Å². The maximum atomic E-state index is 5.66. The van der Waals surface area contributed by atoms with Gasteiger partial charge in [0.25, 0.3) is 0 Å². The zero-order valence-electron chi connectivity index (χ0n) is 15.8. The second kappa shape index (κ2) is 8.89. The van der Waals surface area contributed by atoms with Crippen LogP contribution in [0.1, 0.15) is 19.5 Å². The van der Waals surface area contributed by atoms with Crippen LogP contribution in [-0.2, 0) is 0 Å². The van der Waals surface area contributed by atoms with Gasteiger partial charge in [0.15, 0.2) is 0 Å². The molecule has 3 aromatic rings. The lowest BCUT2D eigenvalue weighted by Crippen LogP contribution is -2.03. The van der Waals surface area contributed by atoms with Crippen LogP contribution in [0.15, 0.2) is 54.6 Å². The molecule has 1 heterocycles. The second-order valence-corrected chi connectivity index (χ2v) is 5.85. The summed E-state index contributed by atoms with van der Waals surface area (Å²) in [6, 6.07) is 17.4. The number of anilines is 4. The zero-order chi connectivity index (χ0) is 19.1. The Balaban J connectivity index is 1.78. The Morgan fingerprint density at radius 3 is 2.33 bits per heavy atom. The van der Waals surface area contributed by atoms with Gasteiger partial charge in [-0.3, -0.25) is 0 Å². The fourth-order valence-corrected chi connectivity index (χ4v) is 2.61. The third-order valence-corrected chi connectivity index (χ3v) is 3.73. The summed E-state index contributed by atoms with van der Waals surface area (Å²) < 4.78 is 11.1. The molecule has 0 saturated heterocycles. The minimum atomic E-state index is 0.524. The molecular weight excluding hydrogens is 340 g/mol. The minimum Gasteiger partial charge on any atom is -0.494 e. The first-order chi connectivity index (χ1) is 13.2. The van der Waals surface area contributed by atoms with Crippen molar-refractivity contribution < 1.29 is 9.47 Å². The highest BCUT2D eigenvalue weighted by atomic mass is 16.5. The van der Waals surface area contributed by atoms with Gasteiger partial charge in [-0.15, -0.1) is 0 Å². The smallest absolute Gasteiger partial charge is 0.229 e. The number of rotatable bonds is 8. The first-order valence-corrected chi connectivity index (χ1v) is 9.02. The van der Waals surface area contributed by atoms with E-state index in [-0.39, 0.29) is 0 Å². The van der Waals surface area contributed by atoms with Gasteiger partial charge < -0.3 is 20.1 Å². The molecule has 0 aliphatic rings. The molecule has 0 saturated carbocycles. The first kappa shape index (κ1) is 18.5. The van der Waals surface area contributed by atoms with Gasteiger partial charge in [-0.2, -0.15) is 4.98 Å². The van der Waals surface area contributed by atoms with Gasteiger partial charge >= 0.3 is 0 Å². The zero-order valence-corrected chi connectivity index (χ0v) is 15.8. The lowest BCUT2D eigenvalue weighted by atomic mass is 10.3. The quantitative estimate of drug-likeness (QED) is 0.582. The van der Waals surface area contributed by atoms with Gasteiger partial charge in [-0.05, 0) is 57.2 Å².